The van der Waals surface area contributed by atoms with Crippen molar-refractivity contribution in [1.29, 1.82) is 0 Å². The Morgan fingerprint density at radius 3 is 2.75 bits per heavy atom. The lowest BCUT2D eigenvalue weighted by Gasteiger charge is -2.10. The highest BCUT2D eigenvalue weighted by atomic mass is 79.9. The van der Waals surface area contributed by atoms with Crippen molar-refractivity contribution in [2.24, 2.45) is 0 Å². The van der Waals surface area contributed by atoms with Gasteiger partial charge in [-0.3, -0.25) is 0 Å². The Hall–Kier alpha value is -1.04. The zero-order chi connectivity index (χ0) is 12.3. The van der Waals surface area contributed by atoms with Gasteiger partial charge in [-0.05, 0) is 35.3 Å². The zero-order valence-corrected chi connectivity index (χ0v) is 10.3. The first-order valence-electron chi connectivity index (χ1n) is 4.59. The van der Waals surface area contributed by atoms with Crippen molar-refractivity contribution in [3.8, 4) is 0 Å². The summed E-state index contributed by atoms with van der Waals surface area (Å²) < 4.78 is 30.1. The number of hydrogen-bond donors (Lipinski definition) is 0. The van der Waals surface area contributed by atoms with Gasteiger partial charge in [-0.2, -0.15) is 0 Å². The minimum absolute atomic E-state index is 0.0552. The Labute approximate surface area is 99.9 Å². The maximum atomic E-state index is 12.6. The average molecular weight is 294 g/mol. The Morgan fingerprint density at radius 1 is 1.62 bits per heavy atom. The second-order valence-electron chi connectivity index (χ2n) is 3.03. The summed E-state index contributed by atoms with van der Waals surface area (Å²) in [6, 6.07) is 0. The van der Waals surface area contributed by atoms with Crippen molar-refractivity contribution >= 4 is 21.9 Å². The van der Waals surface area contributed by atoms with Gasteiger partial charge in [-0.25, -0.2) is 18.6 Å². The fourth-order valence-electron chi connectivity index (χ4n) is 1.25. The van der Waals surface area contributed by atoms with Crippen LogP contribution < -0.4 is 0 Å². The highest BCUT2D eigenvalue weighted by Crippen LogP contribution is 2.28. The van der Waals surface area contributed by atoms with E-state index >= 15 is 0 Å². The molecule has 0 N–H and O–H groups in total. The fourth-order valence-corrected chi connectivity index (χ4v) is 1.81. The first-order valence-corrected chi connectivity index (χ1v) is 5.38. The van der Waals surface area contributed by atoms with E-state index in [0.717, 1.165) is 6.20 Å². The van der Waals surface area contributed by atoms with Crippen LogP contribution in [-0.4, -0.2) is 17.6 Å². The molecule has 0 spiro atoms. The molecule has 16 heavy (non-hydrogen) atoms. The smallest absolute Gasteiger partial charge is 0.341 e. The van der Waals surface area contributed by atoms with Crippen LogP contribution in [0.1, 0.15) is 34.8 Å². The number of halogens is 3. The normalized spacial score (nSPS) is 10.6. The van der Waals surface area contributed by atoms with Gasteiger partial charge in [-0.1, -0.05) is 0 Å². The number of carbonyl (C=O) groups excluding carboxylic acids is 1. The zero-order valence-electron chi connectivity index (χ0n) is 8.76. The van der Waals surface area contributed by atoms with Crippen molar-refractivity contribution < 1.29 is 18.3 Å². The van der Waals surface area contributed by atoms with Crippen LogP contribution in [0.3, 0.4) is 0 Å². The highest BCUT2D eigenvalue weighted by molar-refractivity contribution is 9.10. The van der Waals surface area contributed by atoms with Crippen molar-refractivity contribution in [3.63, 3.8) is 0 Å². The fraction of sp³-hybridized carbons (Fsp3) is 0.400. The third-order valence-electron chi connectivity index (χ3n) is 2.05. The predicted octanol–water partition coefficient (Wildman–Crippen LogP) is 3.27. The molecule has 0 saturated carbocycles. The molecular weight excluding hydrogens is 284 g/mol. The van der Waals surface area contributed by atoms with Crippen LogP contribution in [0.15, 0.2) is 10.8 Å². The number of ether oxygens (including phenoxy) is 1. The van der Waals surface area contributed by atoms with E-state index in [2.05, 4.69) is 20.9 Å². The highest BCUT2D eigenvalue weighted by Gasteiger charge is 2.21. The summed E-state index contributed by atoms with van der Waals surface area (Å²) in [6.07, 6.45) is -1.61. The van der Waals surface area contributed by atoms with Crippen LogP contribution >= 0.6 is 15.9 Å². The molecule has 1 aromatic rings. The van der Waals surface area contributed by atoms with Gasteiger partial charge in [0.1, 0.15) is 4.60 Å². The number of alkyl halides is 2. The molecule has 0 aromatic carbocycles. The second kappa shape index (κ2) is 5.34. The molecule has 1 aromatic heterocycles. The van der Waals surface area contributed by atoms with Gasteiger partial charge in [0.25, 0.3) is 6.43 Å². The molecule has 3 nitrogen and oxygen atoms in total. The molecule has 0 radical (unpaired) electrons. The molecule has 0 bridgehead atoms. The Kier molecular flexibility index (Phi) is 4.35. The van der Waals surface area contributed by atoms with Crippen molar-refractivity contribution in [3.05, 3.63) is 27.5 Å². The van der Waals surface area contributed by atoms with Gasteiger partial charge in [0.2, 0.25) is 0 Å². The summed E-state index contributed by atoms with van der Waals surface area (Å²) in [6.45, 7) is 3.27. The lowest BCUT2D eigenvalue weighted by molar-refractivity contribution is 0.0523. The SMILES string of the molecule is CCOC(=O)c1c(Br)ncc(C(F)F)c1C. The number of rotatable bonds is 3. The first-order chi connectivity index (χ1) is 7.49. The van der Waals surface area contributed by atoms with Gasteiger partial charge in [0.15, 0.2) is 0 Å². The van der Waals surface area contributed by atoms with Crippen molar-refractivity contribution in [1.82, 2.24) is 4.98 Å². The average Bonchev–Trinajstić information content (AvgIpc) is 2.17. The third kappa shape index (κ3) is 2.55. The van der Waals surface area contributed by atoms with E-state index in [-0.39, 0.29) is 27.9 Å². The summed E-state index contributed by atoms with van der Waals surface area (Å²) >= 11 is 3.04. The lowest BCUT2D eigenvalue weighted by atomic mass is 10.1. The molecule has 1 rings (SSSR count). The van der Waals surface area contributed by atoms with Crippen LogP contribution in [0.2, 0.25) is 0 Å². The minimum atomic E-state index is -2.66. The molecule has 0 fully saturated rings. The molecule has 88 valence electrons. The predicted molar refractivity (Wildman–Crippen MR) is 57.6 cm³/mol. The Morgan fingerprint density at radius 2 is 2.25 bits per heavy atom. The monoisotopic (exact) mass is 293 g/mol. The van der Waals surface area contributed by atoms with E-state index in [0.29, 0.717) is 0 Å². The summed E-state index contributed by atoms with van der Waals surface area (Å²) in [5.41, 5.74) is -0.0128. The van der Waals surface area contributed by atoms with Crippen LogP contribution in [0.25, 0.3) is 0 Å². The number of esters is 1. The molecule has 0 unspecified atom stereocenters. The van der Waals surface area contributed by atoms with Crippen molar-refractivity contribution in [2.45, 2.75) is 20.3 Å². The van der Waals surface area contributed by atoms with E-state index in [1.54, 1.807) is 6.92 Å². The maximum Gasteiger partial charge on any atom is 0.341 e. The molecule has 0 aliphatic rings. The molecular formula is C10H10BrF2NO2. The van der Waals surface area contributed by atoms with Crippen molar-refractivity contribution in [2.75, 3.05) is 6.61 Å². The van der Waals surface area contributed by atoms with E-state index in [4.69, 9.17) is 4.74 Å². The summed E-state index contributed by atoms with van der Waals surface area (Å²) in [5, 5.41) is 0. The summed E-state index contributed by atoms with van der Waals surface area (Å²) in [4.78, 5) is 15.2. The second-order valence-corrected chi connectivity index (χ2v) is 3.78. The van der Waals surface area contributed by atoms with Gasteiger partial charge in [-0.15, -0.1) is 0 Å². The van der Waals surface area contributed by atoms with E-state index in [9.17, 15) is 13.6 Å². The van der Waals surface area contributed by atoms with Gasteiger partial charge in [0.05, 0.1) is 12.2 Å². The molecule has 0 amide bonds. The molecule has 0 saturated heterocycles. The van der Waals surface area contributed by atoms with Crippen LogP contribution in [0.4, 0.5) is 8.78 Å². The van der Waals surface area contributed by atoms with E-state index < -0.39 is 12.4 Å². The standard InChI is InChI=1S/C10H10BrF2NO2/c1-3-16-10(15)7-5(2)6(9(12)13)4-14-8(7)11/h4,9H,3H2,1-2H3. The third-order valence-corrected chi connectivity index (χ3v) is 2.65. The quantitative estimate of drug-likeness (QED) is 0.634. The number of aromatic nitrogens is 1. The first kappa shape index (κ1) is 13.0. The Balaban J connectivity index is 3.26. The van der Waals surface area contributed by atoms with Crippen LogP contribution in [-0.2, 0) is 4.74 Å². The van der Waals surface area contributed by atoms with Gasteiger partial charge >= 0.3 is 5.97 Å². The minimum Gasteiger partial charge on any atom is -0.462 e. The number of nitrogens with zero attached hydrogens (tertiary/aromatic N) is 1. The molecule has 6 heteroatoms. The molecule has 0 aliphatic carbocycles. The molecule has 1 heterocycles. The molecule has 0 aliphatic heterocycles. The number of pyridine rings is 1. The number of carbonyl (C=O) groups is 1. The van der Waals surface area contributed by atoms with Gasteiger partial charge in [0, 0.05) is 11.8 Å². The van der Waals surface area contributed by atoms with Crippen LogP contribution in [0, 0.1) is 6.92 Å². The maximum absolute atomic E-state index is 12.6. The van der Waals surface area contributed by atoms with Gasteiger partial charge < -0.3 is 4.74 Å². The topological polar surface area (TPSA) is 39.2 Å². The largest absolute Gasteiger partial charge is 0.462 e. The number of hydrogen-bond acceptors (Lipinski definition) is 3. The molecule has 0 atom stereocenters. The Bertz CT molecular complexity index is 410. The van der Waals surface area contributed by atoms with E-state index in [1.807, 2.05) is 0 Å². The lowest BCUT2D eigenvalue weighted by Crippen LogP contribution is -2.10. The summed E-state index contributed by atoms with van der Waals surface area (Å²) in [7, 11) is 0. The summed E-state index contributed by atoms with van der Waals surface area (Å²) in [5.74, 6) is -0.651. The van der Waals surface area contributed by atoms with E-state index in [1.165, 1.54) is 6.92 Å². The van der Waals surface area contributed by atoms with Crippen LogP contribution in [0.5, 0.6) is 0 Å².